The summed E-state index contributed by atoms with van der Waals surface area (Å²) < 4.78 is 26.7. The molecule has 3 aromatic rings. The van der Waals surface area contributed by atoms with Crippen LogP contribution >= 0.6 is 0 Å². The van der Waals surface area contributed by atoms with Crippen LogP contribution in [0, 0.1) is 0 Å². The number of hydrogen-bond donors (Lipinski definition) is 2. The van der Waals surface area contributed by atoms with Gasteiger partial charge in [-0.15, -0.1) is 0 Å². The number of rotatable bonds is 6. The molecule has 0 atom stereocenters. The Kier molecular flexibility index (Phi) is 6.53. The number of hydrogen-bond acceptors (Lipinski definition) is 4. The van der Waals surface area contributed by atoms with E-state index in [0.717, 1.165) is 29.2 Å². The average molecular weight is 452 g/mol. The van der Waals surface area contributed by atoms with Crippen LogP contribution in [0.3, 0.4) is 0 Å². The lowest BCUT2D eigenvalue weighted by Crippen LogP contribution is -2.36. The molecule has 0 aliphatic carbocycles. The Labute approximate surface area is 187 Å². The zero-order chi connectivity index (χ0) is 22.6. The molecular formula is C24H25N3O4S. The predicted octanol–water partition coefficient (Wildman–Crippen LogP) is 2.92. The quantitative estimate of drug-likeness (QED) is 0.564. The van der Waals surface area contributed by atoms with E-state index >= 15 is 0 Å². The number of amides is 2. The summed E-state index contributed by atoms with van der Waals surface area (Å²) in [7, 11) is -3.44. The molecular weight excluding hydrogens is 426 g/mol. The summed E-state index contributed by atoms with van der Waals surface area (Å²) in [4.78, 5) is 24.8. The smallest absolute Gasteiger partial charge is 0.313 e. The molecule has 1 heterocycles. The van der Waals surface area contributed by atoms with Crippen LogP contribution in [0.2, 0.25) is 0 Å². The molecule has 0 radical (unpaired) electrons. The zero-order valence-corrected chi connectivity index (χ0v) is 18.4. The van der Waals surface area contributed by atoms with Crippen molar-refractivity contribution in [2.45, 2.75) is 24.2 Å². The average Bonchev–Trinajstić information content (AvgIpc) is 3.36. The summed E-state index contributed by atoms with van der Waals surface area (Å²) >= 11 is 0. The van der Waals surface area contributed by atoms with Gasteiger partial charge >= 0.3 is 11.8 Å². The summed E-state index contributed by atoms with van der Waals surface area (Å²) in [6.07, 6.45) is 2.27. The van der Waals surface area contributed by atoms with Gasteiger partial charge in [-0.3, -0.25) is 9.59 Å². The van der Waals surface area contributed by atoms with Crippen LogP contribution in [-0.4, -0.2) is 44.2 Å². The van der Waals surface area contributed by atoms with E-state index in [4.69, 9.17) is 0 Å². The number of anilines is 1. The fraction of sp³-hybridized carbons (Fsp3) is 0.250. The number of sulfonamides is 1. The first-order chi connectivity index (χ1) is 15.4. The van der Waals surface area contributed by atoms with Gasteiger partial charge in [0.25, 0.3) is 0 Å². The Morgan fingerprint density at radius 3 is 2.28 bits per heavy atom. The molecule has 2 N–H and O–H groups in total. The van der Waals surface area contributed by atoms with E-state index in [9.17, 15) is 18.0 Å². The molecule has 1 aliphatic heterocycles. The molecule has 0 saturated carbocycles. The van der Waals surface area contributed by atoms with E-state index in [2.05, 4.69) is 10.6 Å². The second-order valence-electron chi connectivity index (χ2n) is 7.74. The van der Waals surface area contributed by atoms with Gasteiger partial charge in [0, 0.05) is 30.7 Å². The second-order valence-corrected chi connectivity index (χ2v) is 9.68. The Hall–Kier alpha value is -3.23. The van der Waals surface area contributed by atoms with E-state index in [1.54, 1.807) is 30.3 Å². The monoisotopic (exact) mass is 451 g/mol. The number of fused-ring (bicyclic) bond motifs is 1. The maximum Gasteiger partial charge on any atom is 0.313 e. The number of benzene rings is 3. The third kappa shape index (κ3) is 4.81. The molecule has 1 fully saturated rings. The summed E-state index contributed by atoms with van der Waals surface area (Å²) in [5.74, 6) is -1.44. The molecule has 3 aromatic carbocycles. The van der Waals surface area contributed by atoms with E-state index in [1.165, 1.54) is 4.31 Å². The molecule has 0 bridgehead atoms. The van der Waals surface area contributed by atoms with Crippen LogP contribution in [-0.2, 0) is 26.0 Å². The van der Waals surface area contributed by atoms with Crippen LogP contribution < -0.4 is 10.6 Å². The SMILES string of the molecule is O=C(NCCc1ccc(S(=O)(=O)N2CCCC2)cc1)C(=O)Nc1cccc2ccccc12. The van der Waals surface area contributed by atoms with Crippen molar-refractivity contribution in [1.82, 2.24) is 9.62 Å². The van der Waals surface area contributed by atoms with E-state index < -0.39 is 21.8 Å². The fourth-order valence-corrected chi connectivity index (χ4v) is 5.34. The maximum absolute atomic E-state index is 12.6. The molecule has 8 heteroatoms. The summed E-state index contributed by atoms with van der Waals surface area (Å²) in [6.45, 7) is 1.40. The lowest BCUT2D eigenvalue weighted by molar-refractivity contribution is -0.136. The van der Waals surface area contributed by atoms with Gasteiger partial charge in [0.2, 0.25) is 10.0 Å². The molecule has 4 rings (SSSR count). The minimum atomic E-state index is -3.44. The largest absolute Gasteiger partial charge is 0.347 e. The third-order valence-corrected chi connectivity index (χ3v) is 7.48. The number of nitrogens with zero attached hydrogens (tertiary/aromatic N) is 1. The number of carbonyl (C=O) groups excluding carboxylic acids is 2. The highest BCUT2D eigenvalue weighted by Crippen LogP contribution is 2.23. The highest BCUT2D eigenvalue weighted by molar-refractivity contribution is 7.89. The van der Waals surface area contributed by atoms with Gasteiger partial charge in [0.05, 0.1) is 4.90 Å². The minimum absolute atomic E-state index is 0.264. The van der Waals surface area contributed by atoms with Gasteiger partial charge in [-0.05, 0) is 48.4 Å². The van der Waals surface area contributed by atoms with Crippen molar-refractivity contribution >= 4 is 38.3 Å². The molecule has 1 aliphatic rings. The van der Waals surface area contributed by atoms with E-state index in [1.807, 2.05) is 36.4 Å². The second kappa shape index (κ2) is 9.50. The predicted molar refractivity (Wildman–Crippen MR) is 124 cm³/mol. The topological polar surface area (TPSA) is 95.6 Å². The number of nitrogens with one attached hydrogen (secondary N) is 2. The van der Waals surface area contributed by atoms with Crippen molar-refractivity contribution in [3.05, 3.63) is 72.3 Å². The summed E-state index contributed by atoms with van der Waals surface area (Å²) in [5, 5.41) is 7.11. The van der Waals surface area contributed by atoms with Crippen molar-refractivity contribution < 1.29 is 18.0 Å². The lowest BCUT2D eigenvalue weighted by atomic mass is 10.1. The van der Waals surface area contributed by atoms with Crippen molar-refractivity contribution in [2.75, 3.05) is 25.0 Å². The molecule has 1 saturated heterocycles. The first kappa shape index (κ1) is 22.0. The Bertz CT molecular complexity index is 1230. The van der Waals surface area contributed by atoms with Crippen LogP contribution in [0.15, 0.2) is 71.6 Å². The van der Waals surface area contributed by atoms with E-state index in [-0.39, 0.29) is 11.4 Å². The van der Waals surface area contributed by atoms with Gasteiger partial charge in [-0.25, -0.2) is 8.42 Å². The van der Waals surface area contributed by atoms with Gasteiger partial charge in [-0.1, -0.05) is 48.5 Å². The minimum Gasteiger partial charge on any atom is -0.347 e. The van der Waals surface area contributed by atoms with E-state index in [0.29, 0.717) is 25.2 Å². The standard InChI is InChI=1S/C24H25N3O4S/c28-23(24(29)26-22-9-5-7-19-6-1-2-8-21(19)22)25-15-14-18-10-12-20(13-11-18)32(30,31)27-16-3-4-17-27/h1-2,5-13H,3-4,14-17H2,(H,25,28)(H,26,29). The van der Waals surface area contributed by atoms with Gasteiger partial charge < -0.3 is 10.6 Å². The molecule has 0 aromatic heterocycles. The third-order valence-electron chi connectivity index (χ3n) is 5.57. The molecule has 32 heavy (non-hydrogen) atoms. The Morgan fingerprint density at radius 1 is 0.844 bits per heavy atom. The van der Waals surface area contributed by atoms with Crippen LogP contribution in [0.5, 0.6) is 0 Å². The highest BCUT2D eigenvalue weighted by Gasteiger charge is 2.26. The number of carbonyl (C=O) groups is 2. The van der Waals surface area contributed by atoms with Crippen LogP contribution in [0.25, 0.3) is 10.8 Å². The van der Waals surface area contributed by atoms with Crippen LogP contribution in [0.1, 0.15) is 18.4 Å². The normalized spacial score (nSPS) is 14.4. The van der Waals surface area contributed by atoms with Crippen LogP contribution in [0.4, 0.5) is 5.69 Å². The summed E-state index contributed by atoms with van der Waals surface area (Å²) in [6, 6.07) is 19.8. The first-order valence-corrected chi connectivity index (χ1v) is 12.1. The maximum atomic E-state index is 12.6. The summed E-state index contributed by atoms with van der Waals surface area (Å²) in [5.41, 5.74) is 1.46. The Balaban J connectivity index is 1.30. The van der Waals surface area contributed by atoms with Gasteiger partial charge in [-0.2, -0.15) is 4.31 Å². The molecule has 0 unspecified atom stereocenters. The van der Waals surface area contributed by atoms with Gasteiger partial charge in [0.1, 0.15) is 0 Å². The molecule has 166 valence electrons. The van der Waals surface area contributed by atoms with Crippen molar-refractivity contribution in [3.63, 3.8) is 0 Å². The van der Waals surface area contributed by atoms with Crippen molar-refractivity contribution in [1.29, 1.82) is 0 Å². The van der Waals surface area contributed by atoms with Crippen molar-refractivity contribution in [3.8, 4) is 0 Å². The molecule has 0 spiro atoms. The fourth-order valence-electron chi connectivity index (χ4n) is 3.82. The zero-order valence-electron chi connectivity index (χ0n) is 17.6. The lowest BCUT2D eigenvalue weighted by Gasteiger charge is -2.15. The van der Waals surface area contributed by atoms with Crippen molar-refractivity contribution in [2.24, 2.45) is 0 Å². The Morgan fingerprint density at radius 2 is 1.53 bits per heavy atom. The van der Waals surface area contributed by atoms with Gasteiger partial charge in [0.15, 0.2) is 0 Å². The molecule has 7 nitrogen and oxygen atoms in total. The first-order valence-electron chi connectivity index (χ1n) is 10.6. The molecule has 2 amide bonds. The highest BCUT2D eigenvalue weighted by atomic mass is 32.2.